The van der Waals surface area contributed by atoms with Gasteiger partial charge in [-0.3, -0.25) is 0 Å². The number of anilines is 1. The van der Waals surface area contributed by atoms with E-state index in [1.54, 1.807) is 13.3 Å². The minimum atomic E-state index is -0.473. The third-order valence-electron chi connectivity index (χ3n) is 2.79. The van der Waals surface area contributed by atoms with Gasteiger partial charge in [-0.05, 0) is 19.9 Å². The predicted molar refractivity (Wildman–Crippen MR) is 67.7 cm³/mol. The minimum absolute atomic E-state index is 0.473. The molecule has 0 saturated carbocycles. The summed E-state index contributed by atoms with van der Waals surface area (Å²) in [5.41, 5.74) is 3.91. The van der Waals surface area contributed by atoms with E-state index in [1.807, 2.05) is 31.2 Å². The van der Waals surface area contributed by atoms with Gasteiger partial charge in [-0.15, -0.1) is 0 Å². The summed E-state index contributed by atoms with van der Waals surface area (Å²) in [6, 6.07) is 7.76. The molecule has 0 saturated heterocycles. The first-order valence-electron chi connectivity index (χ1n) is 5.68. The van der Waals surface area contributed by atoms with Gasteiger partial charge in [0.05, 0.1) is 24.7 Å². The quantitative estimate of drug-likeness (QED) is 0.757. The number of nitrogens with one attached hydrogen (secondary N) is 2. The predicted octanol–water partition coefficient (Wildman–Crippen LogP) is 2.38. The third-order valence-corrected chi connectivity index (χ3v) is 2.79. The van der Waals surface area contributed by atoms with Gasteiger partial charge in [0.1, 0.15) is 0 Å². The summed E-state index contributed by atoms with van der Waals surface area (Å²) in [6.45, 7) is 4.41. The number of nitrogens with zero attached hydrogens (tertiary/aromatic N) is 1. The van der Waals surface area contributed by atoms with Gasteiger partial charge in [-0.25, -0.2) is 4.98 Å². The van der Waals surface area contributed by atoms with Crippen molar-refractivity contribution in [3.63, 3.8) is 0 Å². The molecule has 0 amide bonds. The van der Waals surface area contributed by atoms with Gasteiger partial charge in [0.25, 0.3) is 0 Å². The van der Waals surface area contributed by atoms with Gasteiger partial charge >= 0.3 is 0 Å². The molecule has 17 heavy (non-hydrogen) atoms. The summed E-state index contributed by atoms with van der Waals surface area (Å²) >= 11 is 0. The number of hydrogen-bond donors (Lipinski definition) is 3. The summed E-state index contributed by atoms with van der Waals surface area (Å²) in [4.78, 5) is 7.27. The number of aryl methyl sites for hydroxylation is 1. The summed E-state index contributed by atoms with van der Waals surface area (Å²) in [5.74, 6) is 0. The fraction of sp³-hybridized carbons (Fsp3) is 0.308. The van der Waals surface area contributed by atoms with E-state index < -0.39 is 6.10 Å². The maximum Gasteiger partial charge on any atom is 0.0925 e. The average molecular weight is 231 g/mol. The van der Waals surface area contributed by atoms with Crippen molar-refractivity contribution in [1.82, 2.24) is 9.97 Å². The van der Waals surface area contributed by atoms with Crippen molar-refractivity contribution < 1.29 is 5.11 Å². The number of benzene rings is 1. The SMILES string of the molecule is Cc1[nH]cnc1CNc1ccccc1C(C)O. The lowest BCUT2D eigenvalue weighted by Gasteiger charge is -2.13. The van der Waals surface area contributed by atoms with E-state index in [-0.39, 0.29) is 0 Å². The molecule has 1 unspecified atom stereocenters. The van der Waals surface area contributed by atoms with Crippen molar-refractivity contribution in [2.75, 3.05) is 5.32 Å². The van der Waals surface area contributed by atoms with E-state index in [0.29, 0.717) is 6.54 Å². The maximum atomic E-state index is 9.65. The van der Waals surface area contributed by atoms with E-state index in [1.165, 1.54) is 0 Å². The van der Waals surface area contributed by atoms with Crippen molar-refractivity contribution in [3.8, 4) is 0 Å². The molecule has 1 aromatic heterocycles. The molecule has 0 aliphatic heterocycles. The fourth-order valence-electron chi connectivity index (χ4n) is 1.77. The maximum absolute atomic E-state index is 9.65. The van der Waals surface area contributed by atoms with Crippen LogP contribution in [0.4, 0.5) is 5.69 Å². The van der Waals surface area contributed by atoms with Crippen molar-refractivity contribution >= 4 is 5.69 Å². The van der Waals surface area contributed by atoms with Crippen molar-refractivity contribution in [3.05, 3.63) is 47.5 Å². The molecular weight excluding hydrogens is 214 g/mol. The Balaban J connectivity index is 2.11. The van der Waals surface area contributed by atoms with Gasteiger partial charge < -0.3 is 15.4 Å². The van der Waals surface area contributed by atoms with Gasteiger partial charge in [0.15, 0.2) is 0 Å². The number of aliphatic hydroxyl groups is 1. The zero-order chi connectivity index (χ0) is 12.3. The average Bonchev–Trinajstić information content (AvgIpc) is 2.72. The first-order chi connectivity index (χ1) is 8.18. The van der Waals surface area contributed by atoms with E-state index in [2.05, 4.69) is 15.3 Å². The number of rotatable bonds is 4. The normalized spacial score (nSPS) is 12.4. The first-order valence-corrected chi connectivity index (χ1v) is 5.68. The van der Waals surface area contributed by atoms with Crippen LogP contribution in [0, 0.1) is 6.92 Å². The number of hydrogen-bond acceptors (Lipinski definition) is 3. The molecule has 2 rings (SSSR count). The van der Waals surface area contributed by atoms with Crippen LogP contribution in [0.2, 0.25) is 0 Å². The molecule has 1 heterocycles. The molecule has 0 fully saturated rings. The Kier molecular flexibility index (Phi) is 3.44. The number of aliphatic hydroxyl groups excluding tert-OH is 1. The number of H-pyrrole nitrogens is 1. The third kappa shape index (κ3) is 2.65. The zero-order valence-corrected chi connectivity index (χ0v) is 10.1. The number of imidazole rings is 1. The van der Waals surface area contributed by atoms with Crippen molar-refractivity contribution in [2.24, 2.45) is 0 Å². The first kappa shape index (κ1) is 11.7. The lowest BCUT2D eigenvalue weighted by atomic mass is 10.1. The Labute approximate surface area is 101 Å². The summed E-state index contributed by atoms with van der Waals surface area (Å²) in [7, 11) is 0. The van der Waals surface area contributed by atoms with Gasteiger partial charge in [-0.2, -0.15) is 0 Å². The Morgan fingerprint density at radius 3 is 2.82 bits per heavy atom. The topological polar surface area (TPSA) is 60.9 Å². The molecular formula is C13H17N3O. The van der Waals surface area contributed by atoms with Crippen LogP contribution >= 0.6 is 0 Å². The molecule has 4 heteroatoms. The monoisotopic (exact) mass is 231 g/mol. The summed E-state index contributed by atoms with van der Waals surface area (Å²) in [5, 5.41) is 12.9. The highest BCUT2D eigenvalue weighted by molar-refractivity contribution is 5.52. The van der Waals surface area contributed by atoms with E-state index in [0.717, 1.165) is 22.6 Å². The Bertz CT molecular complexity index is 491. The highest BCUT2D eigenvalue weighted by Gasteiger charge is 2.07. The van der Waals surface area contributed by atoms with Crippen LogP contribution in [-0.4, -0.2) is 15.1 Å². The zero-order valence-electron chi connectivity index (χ0n) is 10.1. The molecule has 4 nitrogen and oxygen atoms in total. The lowest BCUT2D eigenvalue weighted by Crippen LogP contribution is -2.05. The molecule has 0 radical (unpaired) electrons. The van der Waals surface area contributed by atoms with Crippen LogP contribution in [0.5, 0.6) is 0 Å². The van der Waals surface area contributed by atoms with Gasteiger partial charge in [-0.1, -0.05) is 18.2 Å². The molecule has 3 N–H and O–H groups in total. The highest BCUT2D eigenvalue weighted by Crippen LogP contribution is 2.22. The smallest absolute Gasteiger partial charge is 0.0925 e. The molecule has 1 atom stereocenters. The van der Waals surface area contributed by atoms with E-state index in [4.69, 9.17) is 0 Å². The second-order valence-corrected chi connectivity index (χ2v) is 4.09. The van der Waals surface area contributed by atoms with Crippen LogP contribution in [-0.2, 0) is 6.54 Å². The van der Waals surface area contributed by atoms with E-state index in [9.17, 15) is 5.11 Å². The second kappa shape index (κ2) is 5.01. The van der Waals surface area contributed by atoms with Crippen LogP contribution in [0.15, 0.2) is 30.6 Å². The number of aromatic amines is 1. The fourth-order valence-corrected chi connectivity index (χ4v) is 1.77. The molecule has 90 valence electrons. The van der Waals surface area contributed by atoms with Crippen molar-refractivity contribution in [2.45, 2.75) is 26.5 Å². The van der Waals surface area contributed by atoms with Crippen LogP contribution in [0.3, 0.4) is 0 Å². The standard InChI is InChI=1S/C13H17N3O/c1-9-13(16-8-15-9)7-14-12-6-4-3-5-11(12)10(2)17/h3-6,8,10,14,17H,7H2,1-2H3,(H,15,16). The number of para-hydroxylation sites is 1. The molecule has 0 bridgehead atoms. The molecule has 2 aromatic rings. The Morgan fingerprint density at radius 2 is 2.18 bits per heavy atom. The van der Waals surface area contributed by atoms with Crippen LogP contribution < -0.4 is 5.32 Å². The Morgan fingerprint density at radius 1 is 1.41 bits per heavy atom. The van der Waals surface area contributed by atoms with Crippen LogP contribution in [0.1, 0.15) is 30.0 Å². The summed E-state index contributed by atoms with van der Waals surface area (Å²) < 4.78 is 0. The molecule has 0 aliphatic carbocycles. The Hall–Kier alpha value is -1.81. The minimum Gasteiger partial charge on any atom is -0.389 e. The lowest BCUT2D eigenvalue weighted by molar-refractivity contribution is 0.200. The van der Waals surface area contributed by atoms with Crippen molar-refractivity contribution in [1.29, 1.82) is 0 Å². The molecule has 0 aliphatic rings. The second-order valence-electron chi connectivity index (χ2n) is 4.09. The van der Waals surface area contributed by atoms with Gasteiger partial charge in [0.2, 0.25) is 0 Å². The van der Waals surface area contributed by atoms with Crippen LogP contribution in [0.25, 0.3) is 0 Å². The molecule has 1 aromatic carbocycles. The number of aromatic nitrogens is 2. The van der Waals surface area contributed by atoms with Gasteiger partial charge in [0, 0.05) is 16.9 Å². The molecule has 0 spiro atoms. The van der Waals surface area contributed by atoms with E-state index >= 15 is 0 Å². The summed E-state index contributed by atoms with van der Waals surface area (Å²) in [6.07, 6.45) is 1.21. The largest absolute Gasteiger partial charge is 0.389 e. The highest BCUT2D eigenvalue weighted by atomic mass is 16.3.